The average Bonchev–Trinajstić information content (AvgIpc) is 2.24. The molecule has 2 rings (SSSR count). The summed E-state index contributed by atoms with van der Waals surface area (Å²) in [5.41, 5.74) is 1.08. The van der Waals surface area contributed by atoms with Crippen LogP contribution in [0, 0.1) is 0 Å². The topological polar surface area (TPSA) is 9.23 Å². The SMILES string of the molecule is CC(C)(C)c1cc2c(cc1Cl)C=C[C@@H](C(F)(F)F)O2. The van der Waals surface area contributed by atoms with Crippen molar-refractivity contribution in [1.29, 1.82) is 0 Å². The molecule has 0 unspecified atom stereocenters. The molecule has 19 heavy (non-hydrogen) atoms. The lowest BCUT2D eigenvalue weighted by molar-refractivity contribution is -0.180. The summed E-state index contributed by atoms with van der Waals surface area (Å²) in [6.45, 7) is 5.83. The van der Waals surface area contributed by atoms with E-state index in [1.807, 2.05) is 20.8 Å². The maximum atomic E-state index is 12.6. The first-order valence-corrected chi connectivity index (χ1v) is 6.22. The second kappa shape index (κ2) is 4.44. The number of rotatable bonds is 0. The third-order valence-electron chi connectivity index (χ3n) is 2.93. The van der Waals surface area contributed by atoms with Crippen LogP contribution in [0.2, 0.25) is 5.02 Å². The lowest BCUT2D eigenvalue weighted by atomic mass is 9.86. The van der Waals surface area contributed by atoms with Crippen LogP contribution in [0.15, 0.2) is 18.2 Å². The van der Waals surface area contributed by atoms with Crippen molar-refractivity contribution in [3.8, 4) is 5.75 Å². The molecule has 104 valence electrons. The third kappa shape index (κ3) is 2.89. The van der Waals surface area contributed by atoms with Crippen LogP contribution in [0.3, 0.4) is 0 Å². The molecule has 1 aromatic carbocycles. The van der Waals surface area contributed by atoms with E-state index in [4.69, 9.17) is 16.3 Å². The molecule has 1 heterocycles. The Morgan fingerprint density at radius 1 is 1.16 bits per heavy atom. The highest BCUT2D eigenvalue weighted by molar-refractivity contribution is 6.31. The molecule has 1 aromatic rings. The lowest BCUT2D eigenvalue weighted by Crippen LogP contribution is -2.34. The fourth-order valence-corrected chi connectivity index (χ4v) is 2.37. The summed E-state index contributed by atoms with van der Waals surface area (Å²) in [4.78, 5) is 0. The van der Waals surface area contributed by atoms with Crippen molar-refractivity contribution in [1.82, 2.24) is 0 Å². The molecule has 0 fully saturated rings. The van der Waals surface area contributed by atoms with E-state index in [9.17, 15) is 13.2 Å². The summed E-state index contributed by atoms with van der Waals surface area (Å²) >= 11 is 6.16. The monoisotopic (exact) mass is 290 g/mol. The van der Waals surface area contributed by atoms with Gasteiger partial charge in [-0.05, 0) is 29.2 Å². The average molecular weight is 291 g/mol. The Balaban J connectivity index is 2.45. The van der Waals surface area contributed by atoms with Crippen molar-refractivity contribution >= 4 is 17.7 Å². The van der Waals surface area contributed by atoms with Crippen LogP contribution in [-0.4, -0.2) is 12.3 Å². The van der Waals surface area contributed by atoms with Gasteiger partial charge in [0.15, 0.2) is 0 Å². The Labute approximate surface area is 115 Å². The molecule has 0 radical (unpaired) electrons. The van der Waals surface area contributed by atoms with Gasteiger partial charge in [0.25, 0.3) is 0 Å². The Morgan fingerprint density at radius 3 is 2.32 bits per heavy atom. The summed E-state index contributed by atoms with van der Waals surface area (Å²) in [6, 6.07) is 3.24. The Hall–Kier alpha value is -1.16. The molecule has 0 N–H and O–H groups in total. The molecular formula is C14H14ClF3O. The summed E-state index contributed by atoms with van der Waals surface area (Å²) < 4.78 is 43.0. The van der Waals surface area contributed by atoms with Gasteiger partial charge in [0.05, 0.1) is 0 Å². The highest BCUT2D eigenvalue weighted by Gasteiger charge is 2.41. The minimum absolute atomic E-state index is 0.221. The molecule has 0 amide bonds. The van der Waals surface area contributed by atoms with Gasteiger partial charge in [-0.25, -0.2) is 0 Å². The number of hydrogen-bond donors (Lipinski definition) is 0. The lowest BCUT2D eigenvalue weighted by Gasteiger charge is -2.27. The molecule has 1 nitrogen and oxygen atoms in total. The molecule has 0 saturated carbocycles. The van der Waals surface area contributed by atoms with Crippen LogP contribution in [0.4, 0.5) is 13.2 Å². The quantitative estimate of drug-likeness (QED) is 0.655. The zero-order valence-electron chi connectivity index (χ0n) is 10.8. The first kappa shape index (κ1) is 14.3. The predicted octanol–water partition coefficient (Wildman–Crippen LogP) is 4.97. The van der Waals surface area contributed by atoms with Crippen LogP contribution in [-0.2, 0) is 5.41 Å². The minimum Gasteiger partial charge on any atom is -0.476 e. The molecule has 1 aliphatic rings. The fourth-order valence-electron chi connectivity index (χ4n) is 1.92. The Bertz CT molecular complexity index is 527. The summed E-state index contributed by atoms with van der Waals surface area (Å²) in [7, 11) is 0. The summed E-state index contributed by atoms with van der Waals surface area (Å²) in [5, 5.41) is 0.532. The van der Waals surface area contributed by atoms with Gasteiger partial charge in [-0.15, -0.1) is 0 Å². The first-order valence-electron chi connectivity index (χ1n) is 5.84. The van der Waals surface area contributed by atoms with E-state index in [-0.39, 0.29) is 11.2 Å². The molecule has 1 aliphatic heterocycles. The second-order valence-electron chi connectivity index (χ2n) is 5.56. The highest BCUT2D eigenvalue weighted by atomic mass is 35.5. The van der Waals surface area contributed by atoms with E-state index >= 15 is 0 Å². The standard InChI is InChI=1S/C14H14ClF3O/c1-13(2,3)9-7-11-8(6-10(9)15)4-5-12(19-11)14(16,17)18/h4-7,12H,1-3H3/t12-/m0/s1. The number of alkyl halides is 3. The smallest absolute Gasteiger partial charge is 0.429 e. The largest absolute Gasteiger partial charge is 0.476 e. The summed E-state index contributed by atoms with van der Waals surface area (Å²) in [5.74, 6) is 0.221. The van der Waals surface area contributed by atoms with Gasteiger partial charge < -0.3 is 4.74 Å². The van der Waals surface area contributed by atoms with Crippen LogP contribution < -0.4 is 4.74 Å². The molecule has 0 spiro atoms. The maximum Gasteiger partial charge on any atom is 0.429 e. The van der Waals surface area contributed by atoms with E-state index < -0.39 is 12.3 Å². The van der Waals surface area contributed by atoms with Crippen LogP contribution >= 0.6 is 11.6 Å². The van der Waals surface area contributed by atoms with Gasteiger partial charge in [0.1, 0.15) is 5.75 Å². The van der Waals surface area contributed by atoms with Gasteiger partial charge in [-0.1, -0.05) is 38.4 Å². The third-order valence-corrected chi connectivity index (χ3v) is 3.25. The maximum absolute atomic E-state index is 12.6. The zero-order valence-corrected chi connectivity index (χ0v) is 11.6. The Morgan fingerprint density at radius 2 is 1.79 bits per heavy atom. The molecule has 5 heteroatoms. The van der Waals surface area contributed by atoms with Gasteiger partial charge >= 0.3 is 6.18 Å². The van der Waals surface area contributed by atoms with E-state index in [0.29, 0.717) is 10.6 Å². The van der Waals surface area contributed by atoms with Crippen LogP contribution in [0.5, 0.6) is 5.75 Å². The van der Waals surface area contributed by atoms with E-state index in [0.717, 1.165) is 11.6 Å². The normalized spacial score (nSPS) is 19.0. The zero-order chi connectivity index (χ0) is 14.4. The number of ether oxygens (including phenoxy) is 1. The highest BCUT2D eigenvalue weighted by Crippen LogP contribution is 2.39. The van der Waals surface area contributed by atoms with E-state index in [1.165, 1.54) is 6.08 Å². The summed E-state index contributed by atoms with van der Waals surface area (Å²) in [6.07, 6.45) is -3.91. The number of fused-ring (bicyclic) bond motifs is 1. The number of benzene rings is 1. The molecule has 0 bridgehead atoms. The van der Waals surface area contributed by atoms with Gasteiger partial charge in [0, 0.05) is 10.6 Å². The van der Waals surface area contributed by atoms with Crippen molar-refractivity contribution in [2.45, 2.75) is 38.5 Å². The molecule has 1 atom stereocenters. The van der Waals surface area contributed by atoms with E-state index in [2.05, 4.69) is 0 Å². The number of halogens is 4. The van der Waals surface area contributed by atoms with Crippen molar-refractivity contribution in [3.63, 3.8) is 0 Å². The van der Waals surface area contributed by atoms with Crippen molar-refractivity contribution in [2.24, 2.45) is 0 Å². The molecule has 0 aliphatic carbocycles. The van der Waals surface area contributed by atoms with Crippen LogP contribution in [0.25, 0.3) is 6.08 Å². The van der Waals surface area contributed by atoms with Gasteiger partial charge in [-0.3, -0.25) is 0 Å². The number of hydrogen-bond acceptors (Lipinski definition) is 1. The van der Waals surface area contributed by atoms with Gasteiger partial charge in [0.2, 0.25) is 6.10 Å². The van der Waals surface area contributed by atoms with Gasteiger partial charge in [-0.2, -0.15) is 13.2 Å². The van der Waals surface area contributed by atoms with Crippen molar-refractivity contribution < 1.29 is 17.9 Å². The Kier molecular flexibility index (Phi) is 3.33. The van der Waals surface area contributed by atoms with Crippen molar-refractivity contribution in [3.05, 3.63) is 34.4 Å². The fraction of sp³-hybridized carbons (Fsp3) is 0.429. The van der Waals surface area contributed by atoms with E-state index in [1.54, 1.807) is 12.1 Å². The second-order valence-corrected chi connectivity index (χ2v) is 5.97. The molecule has 0 aromatic heterocycles. The molecular weight excluding hydrogens is 277 g/mol. The van der Waals surface area contributed by atoms with Crippen molar-refractivity contribution in [2.75, 3.05) is 0 Å². The van der Waals surface area contributed by atoms with Crippen LogP contribution in [0.1, 0.15) is 31.9 Å². The predicted molar refractivity (Wildman–Crippen MR) is 69.7 cm³/mol. The first-order chi connectivity index (χ1) is 8.59. The minimum atomic E-state index is -4.41. The molecule has 0 saturated heterocycles.